The van der Waals surface area contributed by atoms with Gasteiger partial charge in [0.05, 0.1) is 0 Å². The first-order valence-electron chi connectivity index (χ1n) is 1.43. The monoisotopic (exact) mass is 873 g/mol. The molecule has 7 heteroatoms. The molecule has 2 N–H and O–H groups in total. The van der Waals surface area contributed by atoms with Crippen molar-refractivity contribution < 1.29 is 0 Å². The molecule has 8 heavy (non-hydrogen) atoms. The number of nitrogens with two attached hydrogens (primary N) is 1. The Hall–Kier alpha value is 4.53. The maximum atomic E-state index is 4.83. The molecule has 0 rings (SSSR count). The fraction of sp³-hybridized carbons (Fsp3) is 1.00. The summed E-state index contributed by atoms with van der Waals surface area (Å²) in [5.74, 6) is 0. The van der Waals surface area contributed by atoms with Gasteiger partial charge in [0.2, 0.25) is 0 Å². The Morgan fingerprint density at radius 3 is 1.12 bits per heavy atom. The van der Waals surface area contributed by atoms with Crippen LogP contribution in [-0.4, -0.2) is 8.55 Å². The number of hydrogen-bond donors (Lipinski definition) is 1. The van der Waals surface area contributed by atoms with Gasteiger partial charge in [0.15, 0.2) is 0 Å². The topological polar surface area (TPSA) is 26.0 Å². The van der Waals surface area contributed by atoms with Gasteiger partial charge in [-0.3, -0.25) is 0 Å². The summed E-state index contributed by atoms with van der Waals surface area (Å²) < 4.78 is -0.678. The molecule has 0 radical (unpaired) electrons. The Bertz CT molecular complexity index is 36.2. The Kier molecular flexibility index (Phi) is 18.1. The fourth-order valence-corrected chi connectivity index (χ4v) is 0. The summed E-state index contributed by atoms with van der Waals surface area (Å²) in [5.41, 5.74) is 4.83. The SMILES string of the molecule is NCI.[I][Pb]([I])([I])[I]. The van der Waals surface area contributed by atoms with E-state index in [0.717, 1.165) is 4.55 Å². The van der Waals surface area contributed by atoms with E-state index < -0.39 is 4.00 Å². The number of alkyl halides is 1. The third-order valence-corrected chi connectivity index (χ3v) is 0. The predicted octanol–water partition coefficient (Wildman–Crippen LogP) is 3.50. The van der Waals surface area contributed by atoms with Crippen LogP contribution in [0, 0.1) is 0 Å². The molecule has 1 nitrogen and oxygen atoms in total. The molecule has 0 unspecified atom stereocenters. The van der Waals surface area contributed by atoms with Gasteiger partial charge in [-0.15, -0.1) is 0 Å². The fourth-order valence-electron chi connectivity index (χ4n) is 0. The standard InChI is InChI=1S/CH4IN.4HI.Pb/c2-1-3;;;;;/h1,3H2;4*1H;/q;;;;;+4/p-4. The van der Waals surface area contributed by atoms with E-state index in [1.165, 1.54) is 0 Å². The first-order chi connectivity index (χ1) is 3.41. The molecular weight excluding hydrogens is 868 g/mol. The van der Waals surface area contributed by atoms with Crippen molar-refractivity contribution in [3.05, 3.63) is 0 Å². The third-order valence-electron chi connectivity index (χ3n) is 0. The second-order valence-electron chi connectivity index (χ2n) is 0.583. The molecule has 0 fully saturated rings. The molecule has 0 aromatic rings. The van der Waals surface area contributed by atoms with E-state index in [9.17, 15) is 0 Å². The van der Waals surface area contributed by atoms with E-state index in [1.54, 1.807) is 0 Å². The molecule has 0 spiro atoms. The van der Waals surface area contributed by atoms with Gasteiger partial charge in [-0.25, -0.2) is 0 Å². The molecule has 0 saturated carbocycles. The normalized spacial score (nSPS) is 9.75. The van der Waals surface area contributed by atoms with Crippen LogP contribution in [-0.2, 0) is 0 Å². The third kappa shape index (κ3) is 46.6. The van der Waals surface area contributed by atoms with Crippen LogP contribution < -0.4 is 5.73 Å². The first-order valence-corrected chi connectivity index (χ1v) is 46.7. The minimum atomic E-state index is -1.40. The van der Waals surface area contributed by atoms with Crippen LogP contribution in [0.1, 0.15) is 0 Å². The summed E-state index contributed by atoms with van der Waals surface area (Å²) in [6.07, 6.45) is 0. The molecule has 0 aliphatic heterocycles. The van der Waals surface area contributed by atoms with E-state index in [0.29, 0.717) is 0 Å². The quantitative estimate of drug-likeness (QED) is 0.172. The molecular formula is CH4I5NPb. The average Bonchev–Trinajstić information content (AvgIpc) is 1.27. The summed E-state index contributed by atoms with van der Waals surface area (Å²) in [6.45, 7) is 0. The Balaban J connectivity index is 0. The van der Waals surface area contributed by atoms with E-state index >= 15 is 0 Å². The van der Waals surface area contributed by atoms with Crippen molar-refractivity contribution in [2.45, 2.75) is 0 Å². The zero-order valence-electron chi connectivity index (χ0n) is 3.67. The Morgan fingerprint density at radius 1 is 1.12 bits per heavy atom. The number of halogens is 5. The van der Waals surface area contributed by atoms with Crippen molar-refractivity contribution in [1.82, 2.24) is 0 Å². The van der Waals surface area contributed by atoms with Gasteiger partial charge in [-0.1, -0.05) is 22.6 Å². The first kappa shape index (κ1) is 15.0. The van der Waals surface area contributed by atoms with Crippen LogP contribution >= 0.6 is 93.6 Å². The van der Waals surface area contributed by atoms with Gasteiger partial charge in [0, 0.05) is 4.55 Å². The molecule has 0 heterocycles. The molecule has 0 aliphatic rings. The predicted molar refractivity (Wildman–Crippen MR) is 84.9 cm³/mol. The van der Waals surface area contributed by atoms with Crippen molar-refractivity contribution in [2.75, 3.05) is 4.55 Å². The van der Waals surface area contributed by atoms with Gasteiger partial charge in [-0.05, 0) is 0 Å². The van der Waals surface area contributed by atoms with Crippen molar-refractivity contribution in [1.29, 1.82) is 0 Å². The van der Waals surface area contributed by atoms with Crippen molar-refractivity contribution in [3.63, 3.8) is 0 Å². The second kappa shape index (κ2) is 9.62. The summed E-state index contributed by atoms with van der Waals surface area (Å²) in [5, 5.41) is 0. The minimum absolute atomic E-state index is 0.720. The van der Waals surface area contributed by atoms with Crippen LogP contribution in [0.15, 0.2) is 0 Å². The van der Waals surface area contributed by atoms with E-state index in [-0.39, 0.29) is 0 Å². The average molecular weight is 872 g/mol. The molecule has 0 amide bonds. The van der Waals surface area contributed by atoms with E-state index in [1.807, 2.05) is 0 Å². The molecule has 0 aliphatic carbocycles. The zero-order chi connectivity index (χ0) is 7.21. The molecule has 0 aromatic heterocycles. The van der Waals surface area contributed by atoms with Crippen molar-refractivity contribution in [2.24, 2.45) is 5.73 Å². The van der Waals surface area contributed by atoms with E-state index in [2.05, 4.69) is 93.6 Å². The zero-order valence-corrected chi connectivity index (χ0v) is 18.3. The van der Waals surface area contributed by atoms with Crippen LogP contribution in [0.25, 0.3) is 0 Å². The van der Waals surface area contributed by atoms with Crippen LogP contribution in [0.5, 0.6) is 0 Å². The molecule has 0 atom stereocenters. The van der Waals surface area contributed by atoms with Crippen LogP contribution in [0.4, 0.5) is 0 Å². The van der Waals surface area contributed by atoms with Gasteiger partial charge >= 0.3 is 75.0 Å². The van der Waals surface area contributed by atoms with Gasteiger partial charge in [0.1, 0.15) is 0 Å². The van der Waals surface area contributed by atoms with Crippen LogP contribution in [0.3, 0.4) is 0 Å². The van der Waals surface area contributed by atoms with Gasteiger partial charge in [0.25, 0.3) is 0 Å². The summed E-state index contributed by atoms with van der Waals surface area (Å²) in [4.78, 5) is 0. The summed E-state index contributed by atoms with van der Waals surface area (Å²) >= 11 is 12.3. The Labute approximate surface area is 104 Å². The number of rotatable bonds is 0. The van der Waals surface area contributed by atoms with Crippen LogP contribution in [0.2, 0.25) is 0 Å². The van der Waals surface area contributed by atoms with Crippen molar-refractivity contribution >= 4 is 97.6 Å². The molecule has 0 bridgehead atoms. The maximum absolute atomic E-state index is 4.83. The van der Waals surface area contributed by atoms with E-state index in [4.69, 9.17) is 5.73 Å². The summed E-state index contributed by atoms with van der Waals surface area (Å²) in [7, 11) is 0. The Morgan fingerprint density at radius 2 is 1.12 bits per heavy atom. The molecule has 0 aromatic carbocycles. The molecule has 52 valence electrons. The summed E-state index contributed by atoms with van der Waals surface area (Å²) in [6, 6.07) is 0. The van der Waals surface area contributed by atoms with Gasteiger partial charge < -0.3 is 5.73 Å². The molecule has 0 saturated heterocycles. The second-order valence-corrected chi connectivity index (χ2v) is 170. The van der Waals surface area contributed by atoms with Gasteiger partial charge in [-0.2, -0.15) is 0 Å². The van der Waals surface area contributed by atoms with Crippen molar-refractivity contribution in [3.8, 4) is 0 Å². The number of hydrogen-bond acceptors (Lipinski definition) is 1.